The van der Waals surface area contributed by atoms with Crippen molar-refractivity contribution >= 4 is 27.9 Å². The van der Waals surface area contributed by atoms with E-state index in [0.29, 0.717) is 17.5 Å². The predicted molar refractivity (Wildman–Crippen MR) is 98.8 cm³/mol. The van der Waals surface area contributed by atoms with E-state index in [1.165, 1.54) is 22.5 Å². The van der Waals surface area contributed by atoms with Crippen molar-refractivity contribution < 1.29 is 4.79 Å². The number of benzene rings is 1. The first-order valence-corrected chi connectivity index (χ1v) is 9.28. The average Bonchev–Trinajstić information content (AvgIpc) is 3.03. The van der Waals surface area contributed by atoms with Gasteiger partial charge in [-0.05, 0) is 35.3 Å². The standard InChI is InChI=1S/C20H20N2OS/c1-13-16-9-8-15(11-17(13)16)18-12-24-20(21-18)22-19(23)10-7-14-5-3-2-4-6-14/h2-6,8-9,11-13,16-17H,7,10H2,1H3,(H,21,22,23). The molecule has 0 aliphatic heterocycles. The van der Waals surface area contributed by atoms with Gasteiger partial charge in [0.15, 0.2) is 5.13 Å². The van der Waals surface area contributed by atoms with Crippen LogP contribution in [0.2, 0.25) is 0 Å². The number of nitrogens with one attached hydrogen (secondary N) is 1. The number of carbonyl (C=O) groups excluding carboxylic acids is 1. The molecule has 4 heteroatoms. The topological polar surface area (TPSA) is 42.0 Å². The van der Waals surface area contributed by atoms with Gasteiger partial charge in [0.25, 0.3) is 0 Å². The smallest absolute Gasteiger partial charge is 0.226 e. The van der Waals surface area contributed by atoms with Gasteiger partial charge in [-0.1, -0.05) is 55.5 Å². The number of hydrogen-bond donors (Lipinski definition) is 1. The van der Waals surface area contributed by atoms with Crippen molar-refractivity contribution in [1.82, 2.24) is 4.98 Å². The van der Waals surface area contributed by atoms with Gasteiger partial charge in [-0.15, -0.1) is 11.3 Å². The number of carbonyl (C=O) groups is 1. The van der Waals surface area contributed by atoms with Crippen LogP contribution in [0.25, 0.3) is 5.57 Å². The Morgan fingerprint density at radius 3 is 2.88 bits per heavy atom. The van der Waals surface area contributed by atoms with Gasteiger partial charge in [-0.25, -0.2) is 4.98 Å². The molecule has 4 rings (SSSR count). The summed E-state index contributed by atoms with van der Waals surface area (Å²) in [4.78, 5) is 16.7. The Kier molecular flexibility index (Phi) is 4.07. The molecule has 1 N–H and O–H groups in total. The highest BCUT2D eigenvalue weighted by atomic mass is 32.1. The second-order valence-electron chi connectivity index (χ2n) is 6.57. The molecule has 0 saturated heterocycles. The van der Waals surface area contributed by atoms with Crippen molar-refractivity contribution in [3.63, 3.8) is 0 Å². The monoisotopic (exact) mass is 336 g/mol. The predicted octanol–water partition coefficient (Wildman–Crippen LogP) is 4.55. The van der Waals surface area contributed by atoms with Crippen LogP contribution in [0.15, 0.2) is 53.9 Å². The number of aromatic nitrogens is 1. The number of allylic oxidation sites excluding steroid dienone is 4. The second-order valence-corrected chi connectivity index (χ2v) is 7.42. The third-order valence-electron chi connectivity index (χ3n) is 4.92. The van der Waals surface area contributed by atoms with Crippen LogP contribution in [0.1, 0.15) is 24.6 Å². The zero-order valence-electron chi connectivity index (χ0n) is 13.6. The molecular weight excluding hydrogens is 316 g/mol. The summed E-state index contributed by atoms with van der Waals surface area (Å²) in [6.45, 7) is 2.29. The molecule has 2 aliphatic rings. The Morgan fingerprint density at radius 1 is 1.25 bits per heavy atom. The number of aryl methyl sites for hydroxylation is 1. The molecular formula is C20H20N2OS. The Balaban J connectivity index is 1.34. The first-order valence-electron chi connectivity index (χ1n) is 8.40. The Hall–Kier alpha value is -2.20. The quantitative estimate of drug-likeness (QED) is 0.870. The Labute approximate surface area is 146 Å². The summed E-state index contributed by atoms with van der Waals surface area (Å²) in [6.07, 6.45) is 8.01. The second kappa shape index (κ2) is 6.36. The SMILES string of the molecule is CC1C2C=CC(c3csc(NC(=O)CCc4ccccc4)n3)=CC12. The molecule has 1 fully saturated rings. The van der Waals surface area contributed by atoms with E-state index in [1.54, 1.807) is 0 Å². The van der Waals surface area contributed by atoms with Crippen molar-refractivity contribution in [2.45, 2.75) is 19.8 Å². The number of thiazole rings is 1. The lowest BCUT2D eigenvalue weighted by molar-refractivity contribution is -0.116. The summed E-state index contributed by atoms with van der Waals surface area (Å²) in [6, 6.07) is 10.1. The highest BCUT2D eigenvalue weighted by molar-refractivity contribution is 7.14. The molecule has 1 amide bonds. The van der Waals surface area contributed by atoms with Crippen molar-refractivity contribution in [1.29, 1.82) is 0 Å². The van der Waals surface area contributed by atoms with Crippen molar-refractivity contribution in [2.24, 2.45) is 17.8 Å². The third-order valence-corrected chi connectivity index (χ3v) is 5.68. The maximum absolute atomic E-state index is 12.1. The molecule has 2 aromatic rings. The number of nitrogens with zero attached hydrogens (tertiary/aromatic N) is 1. The van der Waals surface area contributed by atoms with E-state index in [1.807, 2.05) is 35.7 Å². The zero-order valence-corrected chi connectivity index (χ0v) is 14.4. The number of hydrogen-bond acceptors (Lipinski definition) is 3. The highest BCUT2D eigenvalue weighted by Gasteiger charge is 2.44. The van der Waals surface area contributed by atoms with E-state index in [2.05, 4.69) is 35.5 Å². The van der Waals surface area contributed by atoms with Crippen molar-refractivity contribution in [3.8, 4) is 0 Å². The summed E-state index contributed by atoms with van der Waals surface area (Å²) in [7, 11) is 0. The van der Waals surface area contributed by atoms with E-state index < -0.39 is 0 Å². The van der Waals surface area contributed by atoms with Gasteiger partial charge in [-0.3, -0.25) is 4.79 Å². The highest BCUT2D eigenvalue weighted by Crippen LogP contribution is 2.51. The molecule has 1 aromatic heterocycles. The molecule has 3 atom stereocenters. The van der Waals surface area contributed by atoms with E-state index in [9.17, 15) is 4.79 Å². The first-order chi connectivity index (χ1) is 11.7. The van der Waals surface area contributed by atoms with Crippen LogP contribution in [0.4, 0.5) is 5.13 Å². The normalized spacial score (nSPS) is 24.2. The van der Waals surface area contributed by atoms with E-state index in [-0.39, 0.29) is 5.91 Å². The fourth-order valence-electron chi connectivity index (χ4n) is 3.29. The molecule has 122 valence electrons. The Bertz CT molecular complexity index is 806. The number of rotatable bonds is 5. The third kappa shape index (κ3) is 3.20. The minimum absolute atomic E-state index is 0.0174. The molecule has 2 aliphatic carbocycles. The van der Waals surface area contributed by atoms with Crippen LogP contribution in [-0.4, -0.2) is 10.9 Å². The number of anilines is 1. The van der Waals surface area contributed by atoms with Gasteiger partial charge in [0.1, 0.15) is 0 Å². The molecule has 1 saturated carbocycles. The largest absolute Gasteiger partial charge is 0.302 e. The fraction of sp³-hybridized carbons (Fsp3) is 0.300. The van der Waals surface area contributed by atoms with Gasteiger partial charge >= 0.3 is 0 Å². The summed E-state index contributed by atoms with van der Waals surface area (Å²) < 4.78 is 0. The van der Waals surface area contributed by atoms with E-state index in [0.717, 1.165) is 24.0 Å². The minimum Gasteiger partial charge on any atom is -0.302 e. The molecule has 1 aromatic carbocycles. The van der Waals surface area contributed by atoms with Gasteiger partial charge in [-0.2, -0.15) is 0 Å². The average molecular weight is 336 g/mol. The number of fused-ring (bicyclic) bond motifs is 1. The van der Waals surface area contributed by atoms with Gasteiger partial charge in [0.2, 0.25) is 5.91 Å². The number of amides is 1. The van der Waals surface area contributed by atoms with Crippen molar-refractivity contribution in [2.75, 3.05) is 5.32 Å². The van der Waals surface area contributed by atoms with E-state index in [4.69, 9.17) is 0 Å². The lowest BCUT2D eigenvalue weighted by atomic mass is 10.1. The van der Waals surface area contributed by atoms with Crippen LogP contribution < -0.4 is 5.32 Å². The molecule has 0 spiro atoms. The molecule has 1 heterocycles. The molecule has 3 unspecified atom stereocenters. The summed E-state index contributed by atoms with van der Waals surface area (Å²) >= 11 is 1.49. The fourth-order valence-corrected chi connectivity index (χ4v) is 4.02. The van der Waals surface area contributed by atoms with E-state index >= 15 is 0 Å². The zero-order chi connectivity index (χ0) is 16.5. The van der Waals surface area contributed by atoms with Crippen LogP contribution in [0, 0.1) is 17.8 Å². The first kappa shape index (κ1) is 15.3. The van der Waals surface area contributed by atoms with Gasteiger partial charge in [0.05, 0.1) is 5.69 Å². The maximum Gasteiger partial charge on any atom is 0.226 e. The van der Waals surface area contributed by atoms with Gasteiger partial charge < -0.3 is 5.32 Å². The molecule has 24 heavy (non-hydrogen) atoms. The maximum atomic E-state index is 12.1. The van der Waals surface area contributed by atoms with Crippen molar-refractivity contribution in [3.05, 3.63) is 65.2 Å². The van der Waals surface area contributed by atoms with Crippen LogP contribution >= 0.6 is 11.3 Å². The van der Waals surface area contributed by atoms with Gasteiger partial charge in [0, 0.05) is 11.8 Å². The molecule has 3 nitrogen and oxygen atoms in total. The lowest BCUT2D eigenvalue weighted by Crippen LogP contribution is -2.12. The van der Waals surface area contributed by atoms with Crippen LogP contribution in [-0.2, 0) is 11.2 Å². The summed E-state index contributed by atoms with van der Waals surface area (Å²) in [5.41, 5.74) is 3.33. The summed E-state index contributed by atoms with van der Waals surface area (Å²) in [5.74, 6) is 2.18. The molecule has 0 radical (unpaired) electrons. The Morgan fingerprint density at radius 2 is 2.08 bits per heavy atom. The molecule has 0 bridgehead atoms. The van der Waals surface area contributed by atoms with Crippen LogP contribution in [0.3, 0.4) is 0 Å². The minimum atomic E-state index is 0.0174. The lowest BCUT2D eigenvalue weighted by Gasteiger charge is -2.03. The van der Waals surface area contributed by atoms with Crippen LogP contribution in [0.5, 0.6) is 0 Å². The summed E-state index contributed by atoms with van der Waals surface area (Å²) in [5, 5.41) is 5.63.